The van der Waals surface area contributed by atoms with E-state index in [0.717, 1.165) is 17.1 Å². The minimum absolute atomic E-state index is 0.153. The van der Waals surface area contributed by atoms with Crippen LogP contribution in [-0.2, 0) is 15.7 Å². The number of benzene rings is 1. The summed E-state index contributed by atoms with van der Waals surface area (Å²) in [6.07, 6.45) is -3.81. The molecule has 164 valence electrons. The summed E-state index contributed by atoms with van der Waals surface area (Å²) in [5, 5.41) is 3.35. The molecule has 1 amide bonds. The number of hydrogen-bond acceptors (Lipinski definition) is 6. The fourth-order valence-corrected chi connectivity index (χ4v) is 4.46. The second-order valence-electron chi connectivity index (χ2n) is 6.59. The van der Waals surface area contributed by atoms with Gasteiger partial charge in [0, 0.05) is 24.6 Å². The standard InChI is InChI=1S/C21H19F3N2O3S2/c1-26(17-5-3-9-30-17)20(28)15-11-13-7-8-14(21(22,23)24)12-16(13)25-19(15)31-10-4-6-18(27)29-2/h3,5,7-9,11-12H,4,6,10H2,1-2H3. The first-order valence-corrected chi connectivity index (χ1v) is 11.1. The number of hydrogen-bond donors (Lipinski definition) is 0. The van der Waals surface area contributed by atoms with Crippen LogP contribution in [0, 0.1) is 0 Å². The maximum absolute atomic E-state index is 13.1. The summed E-state index contributed by atoms with van der Waals surface area (Å²) >= 11 is 2.62. The number of alkyl halides is 3. The summed E-state index contributed by atoms with van der Waals surface area (Å²) in [6.45, 7) is 0. The number of carbonyl (C=O) groups excluding carboxylic acids is 2. The van der Waals surface area contributed by atoms with Crippen LogP contribution in [0.3, 0.4) is 0 Å². The van der Waals surface area contributed by atoms with E-state index in [2.05, 4.69) is 9.72 Å². The third-order valence-corrected chi connectivity index (χ3v) is 6.50. The van der Waals surface area contributed by atoms with Crippen LogP contribution in [0.1, 0.15) is 28.8 Å². The van der Waals surface area contributed by atoms with Gasteiger partial charge in [0.1, 0.15) is 5.03 Å². The van der Waals surface area contributed by atoms with Gasteiger partial charge in [-0.3, -0.25) is 9.59 Å². The van der Waals surface area contributed by atoms with Crippen LogP contribution in [0.25, 0.3) is 10.9 Å². The van der Waals surface area contributed by atoms with Gasteiger partial charge in [0.25, 0.3) is 5.91 Å². The van der Waals surface area contributed by atoms with Crippen molar-refractivity contribution in [2.45, 2.75) is 24.0 Å². The van der Waals surface area contributed by atoms with E-state index in [1.165, 1.54) is 41.2 Å². The Morgan fingerprint density at radius 2 is 2.00 bits per heavy atom. The molecule has 2 heterocycles. The number of pyridine rings is 1. The molecule has 1 aromatic carbocycles. The van der Waals surface area contributed by atoms with E-state index in [9.17, 15) is 22.8 Å². The molecule has 0 aliphatic carbocycles. The van der Waals surface area contributed by atoms with Gasteiger partial charge in [0.2, 0.25) is 0 Å². The molecule has 5 nitrogen and oxygen atoms in total. The van der Waals surface area contributed by atoms with Crippen molar-refractivity contribution in [2.75, 3.05) is 24.8 Å². The first-order valence-electron chi connectivity index (χ1n) is 9.24. The first-order chi connectivity index (χ1) is 14.7. The van der Waals surface area contributed by atoms with E-state index < -0.39 is 11.7 Å². The predicted octanol–water partition coefficient (Wildman–Crippen LogP) is 5.64. The third-order valence-electron chi connectivity index (χ3n) is 4.47. The van der Waals surface area contributed by atoms with Crippen molar-refractivity contribution < 1.29 is 27.5 Å². The zero-order valence-electron chi connectivity index (χ0n) is 16.7. The van der Waals surface area contributed by atoms with Crippen LogP contribution in [-0.4, -0.2) is 36.8 Å². The zero-order chi connectivity index (χ0) is 22.6. The van der Waals surface area contributed by atoms with Crippen LogP contribution in [0.15, 0.2) is 46.8 Å². The Morgan fingerprint density at radius 1 is 1.23 bits per heavy atom. The van der Waals surface area contributed by atoms with E-state index in [-0.39, 0.29) is 23.8 Å². The average Bonchev–Trinajstić information content (AvgIpc) is 3.28. The number of methoxy groups -OCH3 is 1. The molecule has 2 aromatic heterocycles. The smallest absolute Gasteiger partial charge is 0.416 e. The quantitative estimate of drug-likeness (QED) is 0.255. The fraction of sp³-hybridized carbons (Fsp3) is 0.286. The van der Waals surface area contributed by atoms with Gasteiger partial charge in [0.15, 0.2) is 0 Å². The molecule has 10 heteroatoms. The number of ether oxygens (including phenoxy) is 1. The number of rotatable bonds is 7. The molecule has 0 unspecified atom stereocenters. The van der Waals surface area contributed by atoms with Crippen LogP contribution >= 0.6 is 23.1 Å². The number of anilines is 1. The lowest BCUT2D eigenvalue weighted by molar-refractivity contribution is -0.140. The van der Waals surface area contributed by atoms with Crippen LogP contribution < -0.4 is 4.90 Å². The third kappa shape index (κ3) is 5.56. The highest BCUT2D eigenvalue weighted by Crippen LogP contribution is 2.33. The van der Waals surface area contributed by atoms with E-state index in [1.54, 1.807) is 19.2 Å². The Hall–Kier alpha value is -2.59. The summed E-state index contributed by atoms with van der Waals surface area (Å²) in [5.74, 6) is -0.210. The molecule has 31 heavy (non-hydrogen) atoms. The number of esters is 1. The molecule has 0 N–H and O–H groups in total. The van der Waals surface area contributed by atoms with Crippen molar-refractivity contribution in [3.63, 3.8) is 0 Å². The van der Waals surface area contributed by atoms with Crippen molar-refractivity contribution in [1.82, 2.24) is 4.98 Å². The van der Waals surface area contributed by atoms with Gasteiger partial charge < -0.3 is 9.64 Å². The predicted molar refractivity (Wildman–Crippen MR) is 116 cm³/mol. The molecule has 0 saturated carbocycles. The Balaban J connectivity index is 1.96. The molecule has 0 bridgehead atoms. The Bertz CT molecular complexity index is 1090. The van der Waals surface area contributed by atoms with Crippen molar-refractivity contribution in [1.29, 1.82) is 0 Å². The Morgan fingerprint density at radius 3 is 2.65 bits per heavy atom. The van der Waals surface area contributed by atoms with E-state index in [4.69, 9.17) is 0 Å². The highest BCUT2D eigenvalue weighted by molar-refractivity contribution is 7.99. The number of fused-ring (bicyclic) bond motifs is 1. The molecule has 0 spiro atoms. The second kappa shape index (κ2) is 9.69. The lowest BCUT2D eigenvalue weighted by atomic mass is 10.1. The lowest BCUT2D eigenvalue weighted by Crippen LogP contribution is -2.26. The normalized spacial score (nSPS) is 11.5. The minimum Gasteiger partial charge on any atom is -0.469 e. The molecule has 0 radical (unpaired) electrons. The van der Waals surface area contributed by atoms with Crippen molar-refractivity contribution in [3.05, 3.63) is 52.9 Å². The molecule has 0 saturated heterocycles. The van der Waals surface area contributed by atoms with Crippen molar-refractivity contribution in [3.8, 4) is 0 Å². The maximum atomic E-state index is 13.1. The Labute approximate surface area is 185 Å². The van der Waals surface area contributed by atoms with Crippen LogP contribution in [0.2, 0.25) is 0 Å². The highest BCUT2D eigenvalue weighted by Gasteiger charge is 2.31. The average molecular weight is 469 g/mol. The summed E-state index contributed by atoms with van der Waals surface area (Å²) in [5.41, 5.74) is -0.351. The van der Waals surface area contributed by atoms with Crippen molar-refractivity contribution >= 4 is 50.9 Å². The molecule has 3 rings (SSSR count). The summed E-state index contributed by atoms with van der Waals surface area (Å²) in [6, 6.07) is 8.46. The number of nitrogens with zero attached hydrogens (tertiary/aromatic N) is 2. The molecule has 0 aliphatic heterocycles. The monoisotopic (exact) mass is 468 g/mol. The molecule has 0 aliphatic rings. The number of carbonyl (C=O) groups is 2. The topological polar surface area (TPSA) is 59.5 Å². The lowest BCUT2D eigenvalue weighted by Gasteiger charge is -2.18. The van der Waals surface area contributed by atoms with Gasteiger partial charge in [0.05, 0.1) is 28.8 Å². The highest BCUT2D eigenvalue weighted by atomic mass is 32.2. The van der Waals surface area contributed by atoms with Gasteiger partial charge in [-0.1, -0.05) is 6.07 Å². The number of thioether (sulfide) groups is 1. The summed E-state index contributed by atoms with van der Waals surface area (Å²) < 4.78 is 43.9. The number of halogens is 3. The number of aromatic nitrogens is 1. The SMILES string of the molecule is COC(=O)CCCSc1nc2cc(C(F)(F)F)ccc2cc1C(=O)N(C)c1cccs1. The number of amides is 1. The fourth-order valence-electron chi connectivity index (χ4n) is 2.82. The molecule has 3 aromatic rings. The number of thiophene rings is 1. The minimum atomic E-state index is -4.49. The van der Waals surface area contributed by atoms with E-state index in [0.29, 0.717) is 28.1 Å². The van der Waals surface area contributed by atoms with Gasteiger partial charge in [-0.05, 0) is 42.1 Å². The Kier molecular flexibility index (Phi) is 7.22. The molecule has 0 atom stereocenters. The van der Waals surface area contributed by atoms with Gasteiger partial charge in [-0.2, -0.15) is 13.2 Å². The van der Waals surface area contributed by atoms with Gasteiger partial charge in [-0.15, -0.1) is 23.1 Å². The molecule has 0 fully saturated rings. The van der Waals surface area contributed by atoms with E-state index in [1.807, 2.05) is 11.4 Å². The maximum Gasteiger partial charge on any atom is 0.416 e. The van der Waals surface area contributed by atoms with E-state index >= 15 is 0 Å². The zero-order valence-corrected chi connectivity index (χ0v) is 18.4. The van der Waals surface area contributed by atoms with Crippen LogP contribution in [0.4, 0.5) is 18.2 Å². The summed E-state index contributed by atoms with van der Waals surface area (Å²) in [4.78, 5) is 30.3. The summed E-state index contributed by atoms with van der Waals surface area (Å²) in [7, 11) is 2.94. The largest absolute Gasteiger partial charge is 0.469 e. The second-order valence-corrected chi connectivity index (χ2v) is 8.60. The van der Waals surface area contributed by atoms with Crippen molar-refractivity contribution in [2.24, 2.45) is 0 Å². The molecular weight excluding hydrogens is 449 g/mol. The molecular formula is C21H19F3N2O3S2. The first kappa shape index (κ1) is 23.1. The van der Waals surface area contributed by atoms with Crippen LogP contribution in [0.5, 0.6) is 0 Å². The van der Waals surface area contributed by atoms with Gasteiger partial charge in [-0.25, -0.2) is 4.98 Å². The van der Waals surface area contributed by atoms with Gasteiger partial charge >= 0.3 is 12.1 Å².